The van der Waals surface area contributed by atoms with Crippen LogP contribution >= 0.6 is 0 Å². The normalized spacial score (nSPS) is 28.6. The number of aldehydes is 1. The summed E-state index contributed by atoms with van der Waals surface area (Å²) in [6.45, 7) is 5.22. The molecule has 0 saturated heterocycles. The first kappa shape index (κ1) is 15.7. The SMILES string of the molecule is CC1(C)Oc2ccc(C=O)cc2C(OC2=CC(=O)CC2)C1(C)O. The number of fused-ring (bicyclic) bond motifs is 1. The van der Waals surface area contributed by atoms with Crippen molar-refractivity contribution in [3.63, 3.8) is 0 Å². The number of allylic oxidation sites excluding steroid dienone is 2. The van der Waals surface area contributed by atoms with Gasteiger partial charge in [0.05, 0.1) is 0 Å². The number of benzene rings is 1. The quantitative estimate of drug-likeness (QED) is 0.868. The molecule has 3 rings (SSSR count). The van der Waals surface area contributed by atoms with Gasteiger partial charge in [-0.3, -0.25) is 9.59 Å². The standard InChI is InChI=1S/C18H20O5/c1-17(2)18(3,21)16(22-13-6-5-12(20)9-13)14-8-11(10-19)4-7-15(14)23-17/h4,7-10,16,21H,5-6H2,1-3H3. The van der Waals surface area contributed by atoms with E-state index in [9.17, 15) is 14.7 Å². The van der Waals surface area contributed by atoms with E-state index in [1.54, 1.807) is 39.0 Å². The Morgan fingerprint density at radius 1 is 1.30 bits per heavy atom. The van der Waals surface area contributed by atoms with Gasteiger partial charge in [0.2, 0.25) is 0 Å². The third kappa shape index (κ3) is 2.55. The molecule has 0 aromatic heterocycles. The summed E-state index contributed by atoms with van der Waals surface area (Å²) in [5.41, 5.74) is -1.14. The van der Waals surface area contributed by atoms with Crippen molar-refractivity contribution >= 4 is 12.1 Å². The number of hydrogen-bond donors (Lipinski definition) is 1. The number of ether oxygens (including phenoxy) is 2. The average molecular weight is 316 g/mol. The summed E-state index contributed by atoms with van der Waals surface area (Å²) in [6, 6.07) is 5.03. The van der Waals surface area contributed by atoms with Gasteiger partial charge in [-0.2, -0.15) is 0 Å². The number of hydrogen-bond acceptors (Lipinski definition) is 5. The summed E-state index contributed by atoms with van der Waals surface area (Å²) >= 11 is 0. The smallest absolute Gasteiger partial charge is 0.159 e. The number of aliphatic hydroxyl groups is 1. The van der Waals surface area contributed by atoms with Gasteiger partial charge in [-0.25, -0.2) is 0 Å². The molecule has 122 valence electrons. The molecule has 0 radical (unpaired) electrons. The molecule has 2 atom stereocenters. The van der Waals surface area contributed by atoms with E-state index in [1.165, 1.54) is 6.08 Å². The largest absolute Gasteiger partial charge is 0.487 e. The molecular formula is C18H20O5. The first-order chi connectivity index (χ1) is 10.7. The van der Waals surface area contributed by atoms with Crippen LogP contribution in [-0.2, 0) is 9.53 Å². The minimum Gasteiger partial charge on any atom is -0.487 e. The van der Waals surface area contributed by atoms with Crippen LogP contribution in [0.15, 0.2) is 30.0 Å². The predicted octanol–water partition coefficient (Wildman–Crippen LogP) is 2.73. The Bertz CT molecular complexity index is 699. The van der Waals surface area contributed by atoms with Crippen molar-refractivity contribution in [2.24, 2.45) is 0 Å². The fourth-order valence-electron chi connectivity index (χ4n) is 2.93. The van der Waals surface area contributed by atoms with E-state index in [-0.39, 0.29) is 5.78 Å². The molecule has 2 unspecified atom stereocenters. The lowest BCUT2D eigenvalue weighted by Crippen LogP contribution is -2.58. The van der Waals surface area contributed by atoms with Crippen LogP contribution in [0.2, 0.25) is 0 Å². The number of rotatable bonds is 3. The lowest BCUT2D eigenvalue weighted by atomic mass is 9.77. The summed E-state index contributed by atoms with van der Waals surface area (Å²) in [6.07, 6.45) is 2.44. The van der Waals surface area contributed by atoms with Crippen LogP contribution in [0.5, 0.6) is 5.75 Å². The second kappa shape index (κ2) is 5.20. The fraction of sp³-hybridized carbons (Fsp3) is 0.444. The molecule has 5 nitrogen and oxygen atoms in total. The topological polar surface area (TPSA) is 72.8 Å². The fourth-order valence-corrected chi connectivity index (χ4v) is 2.93. The van der Waals surface area contributed by atoms with Crippen molar-refractivity contribution in [2.45, 2.75) is 50.9 Å². The van der Waals surface area contributed by atoms with E-state index < -0.39 is 17.3 Å². The van der Waals surface area contributed by atoms with Crippen molar-refractivity contribution in [1.29, 1.82) is 0 Å². The van der Waals surface area contributed by atoms with E-state index in [4.69, 9.17) is 9.47 Å². The van der Waals surface area contributed by atoms with Crippen molar-refractivity contribution in [3.05, 3.63) is 41.2 Å². The second-order valence-corrected chi connectivity index (χ2v) is 6.75. The molecule has 1 heterocycles. The maximum Gasteiger partial charge on any atom is 0.159 e. The monoisotopic (exact) mass is 316 g/mol. The van der Waals surface area contributed by atoms with Gasteiger partial charge in [-0.05, 0) is 39.0 Å². The summed E-state index contributed by atoms with van der Waals surface area (Å²) < 4.78 is 11.9. The first-order valence-corrected chi connectivity index (χ1v) is 7.65. The molecule has 0 bridgehead atoms. The Labute approximate surface area is 134 Å². The van der Waals surface area contributed by atoms with E-state index >= 15 is 0 Å². The number of ketones is 1. The molecule has 1 aliphatic heterocycles. The molecule has 2 aliphatic rings. The first-order valence-electron chi connectivity index (χ1n) is 7.65. The minimum atomic E-state index is -1.34. The van der Waals surface area contributed by atoms with Crippen molar-refractivity contribution in [2.75, 3.05) is 0 Å². The van der Waals surface area contributed by atoms with E-state index in [0.29, 0.717) is 35.5 Å². The Balaban J connectivity index is 2.08. The van der Waals surface area contributed by atoms with Crippen molar-refractivity contribution in [3.8, 4) is 5.75 Å². The highest BCUT2D eigenvalue weighted by atomic mass is 16.6. The van der Waals surface area contributed by atoms with Crippen LogP contribution in [0.3, 0.4) is 0 Å². The van der Waals surface area contributed by atoms with Gasteiger partial charge < -0.3 is 14.6 Å². The Hall–Kier alpha value is -2.14. The second-order valence-electron chi connectivity index (χ2n) is 6.75. The van der Waals surface area contributed by atoms with Crippen LogP contribution in [0.1, 0.15) is 55.6 Å². The third-order valence-corrected chi connectivity index (χ3v) is 4.76. The van der Waals surface area contributed by atoms with E-state index in [0.717, 1.165) is 6.29 Å². The van der Waals surface area contributed by atoms with E-state index in [1.807, 2.05) is 0 Å². The highest BCUT2D eigenvalue weighted by molar-refractivity contribution is 5.92. The Morgan fingerprint density at radius 2 is 2.04 bits per heavy atom. The maximum atomic E-state index is 11.4. The number of carbonyl (C=O) groups is 2. The van der Waals surface area contributed by atoms with Gasteiger partial charge in [0.1, 0.15) is 29.0 Å². The summed E-state index contributed by atoms with van der Waals surface area (Å²) in [7, 11) is 0. The van der Waals surface area contributed by atoms with Crippen molar-refractivity contribution in [1.82, 2.24) is 0 Å². The van der Waals surface area contributed by atoms with Gasteiger partial charge >= 0.3 is 0 Å². The zero-order chi connectivity index (χ0) is 16.8. The highest BCUT2D eigenvalue weighted by Crippen LogP contribution is 2.49. The summed E-state index contributed by atoms with van der Waals surface area (Å²) in [4.78, 5) is 22.5. The molecule has 0 amide bonds. The maximum absolute atomic E-state index is 11.4. The molecule has 1 aromatic carbocycles. The third-order valence-electron chi connectivity index (χ3n) is 4.76. The van der Waals surface area contributed by atoms with Gasteiger partial charge in [0.25, 0.3) is 0 Å². The van der Waals surface area contributed by atoms with Crippen LogP contribution < -0.4 is 4.74 Å². The molecule has 1 aromatic rings. The van der Waals surface area contributed by atoms with Crippen molar-refractivity contribution < 1.29 is 24.2 Å². The zero-order valence-electron chi connectivity index (χ0n) is 13.5. The predicted molar refractivity (Wildman–Crippen MR) is 83.3 cm³/mol. The lowest BCUT2D eigenvalue weighted by Gasteiger charge is -2.49. The molecule has 0 fully saturated rings. The van der Waals surface area contributed by atoms with Crippen LogP contribution in [0, 0.1) is 0 Å². The molecule has 1 aliphatic carbocycles. The summed E-state index contributed by atoms with van der Waals surface area (Å²) in [5, 5.41) is 11.0. The highest BCUT2D eigenvalue weighted by Gasteiger charge is 2.54. The Kier molecular flexibility index (Phi) is 3.56. The lowest BCUT2D eigenvalue weighted by molar-refractivity contribution is -0.188. The number of carbonyl (C=O) groups excluding carboxylic acids is 2. The van der Waals surface area contributed by atoms with Crippen LogP contribution in [0.4, 0.5) is 0 Å². The average Bonchev–Trinajstić information content (AvgIpc) is 2.89. The molecule has 0 saturated carbocycles. The Morgan fingerprint density at radius 3 is 2.65 bits per heavy atom. The molecular weight excluding hydrogens is 296 g/mol. The zero-order valence-corrected chi connectivity index (χ0v) is 13.5. The summed E-state index contributed by atoms with van der Waals surface area (Å²) in [5.74, 6) is 1.15. The van der Waals surface area contributed by atoms with Gasteiger partial charge in [0.15, 0.2) is 11.9 Å². The minimum absolute atomic E-state index is 0.0211. The molecule has 1 N–H and O–H groups in total. The van der Waals surface area contributed by atoms with Crippen LogP contribution in [0.25, 0.3) is 0 Å². The van der Waals surface area contributed by atoms with Gasteiger partial charge in [-0.15, -0.1) is 0 Å². The van der Waals surface area contributed by atoms with Gasteiger partial charge in [-0.1, -0.05) is 0 Å². The van der Waals surface area contributed by atoms with Gasteiger partial charge in [0, 0.05) is 30.0 Å². The molecule has 23 heavy (non-hydrogen) atoms. The molecule has 5 heteroatoms. The van der Waals surface area contributed by atoms with Crippen LogP contribution in [-0.4, -0.2) is 28.4 Å². The molecule has 0 spiro atoms. The van der Waals surface area contributed by atoms with E-state index in [2.05, 4.69) is 0 Å².